The smallest absolute Gasteiger partial charge is 0.255 e. The van der Waals surface area contributed by atoms with Crippen LogP contribution in [-0.4, -0.2) is 20.6 Å². The first-order valence-electron chi connectivity index (χ1n) is 7.29. The molecule has 0 aliphatic carbocycles. The van der Waals surface area contributed by atoms with Gasteiger partial charge in [0.05, 0.1) is 4.90 Å². The highest BCUT2D eigenvalue weighted by molar-refractivity contribution is 7.90. The Bertz CT molecular complexity index is 860. The van der Waals surface area contributed by atoms with E-state index in [2.05, 4.69) is 5.32 Å². The van der Waals surface area contributed by atoms with Crippen molar-refractivity contribution in [3.8, 4) is 0 Å². The van der Waals surface area contributed by atoms with Gasteiger partial charge in [0.15, 0.2) is 9.84 Å². The third-order valence-corrected chi connectivity index (χ3v) is 4.91. The second-order valence-electron chi connectivity index (χ2n) is 5.98. The lowest BCUT2D eigenvalue weighted by Crippen LogP contribution is -2.16. The number of rotatable bonds is 3. The molecule has 1 N–H and O–H groups in total. The van der Waals surface area contributed by atoms with Crippen molar-refractivity contribution < 1.29 is 13.2 Å². The van der Waals surface area contributed by atoms with Crippen LogP contribution >= 0.6 is 0 Å². The molecule has 0 saturated carbocycles. The van der Waals surface area contributed by atoms with Crippen LogP contribution in [0.2, 0.25) is 0 Å². The van der Waals surface area contributed by atoms with E-state index >= 15 is 0 Å². The topological polar surface area (TPSA) is 63.2 Å². The van der Waals surface area contributed by atoms with Crippen molar-refractivity contribution >= 4 is 21.4 Å². The van der Waals surface area contributed by atoms with Gasteiger partial charge in [0.2, 0.25) is 0 Å². The maximum atomic E-state index is 12.6. The van der Waals surface area contributed by atoms with Crippen LogP contribution in [0.4, 0.5) is 5.69 Å². The summed E-state index contributed by atoms with van der Waals surface area (Å²) in [5, 5.41) is 2.91. The lowest BCUT2D eigenvalue weighted by molar-refractivity contribution is 0.102. The molecule has 0 radical (unpaired) electrons. The van der Waals surface area contributed by atoms with E-state index in [1.807, 2.05) is 32.9 Å². The molecule has 2 aromatic carbocycles. The summed E-state index contributed by atoms with van der Waals surface area (Å²) in [6.07, 6.45) is 1.13. The monoisotopic (exact) mass is 331 g/mol. The summed E-state index contributed by atoms with van der Waals surface area (Å²) in [6.45, 7) is 7.67. The maximum Gasteiger partial charge on any atom is 0.255 e. The molecule has 0 spiro atoms. The van der Waals surface area contributed by atoms with E-state index in [0.29, 0.717) is 5.56 Å². The number of hydrogen-bond donors (Lipinski definition) is 1. The Morgan fingerprint density at radius 2 is 1.48 bits per heavy atom. The number of benzene rings is 2. The summed E-state index contributed by atoms with van der Waals surface area (Å²) in [4.78, 5) is 12.7. The van der Waals surface area contributed by atoms with Crippen LogP contribution in [-0.2, 0) is 9.84 Å². The van der Waals surface area contributed by atoms with Gasteiger partial charge in [0.25, 0.3) is 5.91 Å². The number of carbonyl (C=O) groups is 1. The normalized spacial score (nSPS) is 11.3. The Hall–Kier alpha value is -2.14. The predicted molar refractivity (Wildman–Crippen MR) is 92.9 cm³/mol. The number of sulfone groups is 1. The van der Waals surface area contributed by atoms with E-state index in [0.717, 1.165) is 34.2 Å². The fourth-order valence-corrected chi connectivity index (χ4v) is 3.28. The second-order valence-corrected chi connectivity index (χ2v) is 7.99. The van der Waals surface area contributed by atoms with Crippen molar-refractivity contribution in [2.45, 2.75) is 32.6 Å². The van der Waals surface area contributed by atoms with E-state index in [4.69, 9.17) is 0 Å². The molecule has 0 fully saturated rings. The van der Waals surface area contributed by atoms with Crippen LogP contribution in [0.15, 0.2) is 35.2 Å². The Labute approximate surface area is 137 Å². The molecule has 4 nitrogen and oxygen atoms in total. The average Bonchev–Trinajstić information content (AvgIpc) is 2.41. The van der Waals surface area contributed by atoms with Crippen molar-refractivity contribution in [1.82, 2.24) is 0 Å². The highest BCUT2D eigenvalue weighted by Gasteiger charge is 2.16. The Kier molecular flexibility index (Phi) is 4.61. The van der Waals surface area contributed by atoms with Crippen molar-refractivity contribution in [1.29, 1.82) is 0 Å². The van der Waals surface area contributed by atoms with Gasteiger partial charge in [-0.05, 0) is 56.5 Å². The van der Waals surface area contributed by atoms with Gasteiger partial charge in [0.1, 0.15) is 0 Å². The minimum absolute atomic E-state index is 0.144. The van der Waals surface area contributed by atoms with Crippen LogP contribution in [0.3, 0.4) is 0 Å². The van der Waals surface area contributed by atoms with Gasteiger partial charge in [-0.25, -0.2) is 8.42 Å². The van der Waals surface area contributed by atoms with Gasteiger partial charge >= 0.3 is 0 Å². The molecule has 0 aliphatic heterocycles. The first kappa shape index (κ1) is 17.2. The molecule has 0 unspecified atom stereocenters. The quantitative estimate of drug-likeness (QED) is 0.935. The third kappa shape index (κ3) is 3.79. The van der Waals surface area contributed by atoms with E-state index in [9.17, 15) is 13.2 Å². The highest BCUT2D eigenvalue weighted by atomic mass is 32.2. The number of carbonyl (C=O) groups excluding carboxylic acids is 1. The van der Waals surface area contributed by atoms with Crippen molar-refractivity contribution in [2.24, 2.45) is 0 Å². The minimum Gasteiger partial charge on any atom is -0.321 e. The molecular weight excluding hydrogens is 310 g/mol. The van der Waals surface area contributed by atoms with Gasteiger partial charge in [-0.15, -0.1) is 0 Å². The van der Waals surface area contributed by atoms with Gasteiger partial charge in [-0.1, -0.05) is 23.8 Å². The van der Waals surface area contributed by atoms with Crippen molar-refractivity contribution in [3.05, 3.63) is 58.1 Å². The zero-order chi connectivity index (χ0) is 17.4. The van der Waals surface area contributed by atoms with Gasteiger partial charge in [-0.3, -0.25) is 4.79 Å². The van der Waals surface area contributed by atoms with E-state index < -0.39 is 9.84 Å². The third-order valence-electron chi connectivity index (χ3n) is 3.80. The molecular formula is C18H21NO3S. The first-order valence-corrected chi connectivity index (χ1v) is 9.18. The fourth-order valence-electron chi connectivity index (χ4n) is 2.63. The SMILES string of the molecule is Cc1cc(C)c(NC(=O)c2cc(S(C)(=O)=O)ccc2C)c(C)c1. The summed E-state index contributed by atoms with van der Waals surface area (Å²) in [5.74, 6) is -0.303. The molecule has 0 aromatic heterocycles. The molecule has 122 valence electrons. The molecule has 23 heavy (non-hydrogen) atoms. The highest BCUT2D eigenvalue weighted by Crippen LogP contribution is 2.24. The number of hydrogen-bond acceptors (Lipinski definition) is 3. The summed E-state index contributed by atoms with van der Waals surface area (Å²) in [6, 6.07) is 8.60. The molecule has 0 heterocycles. The molecule has 1 amide bonds. The lowest BCUT2D eigenvalue weighted by Gasteiger charge is -2.14. The van der Waals surface area contributed by atoms with Gasteiger partial charge < -0.3 is 5.32 Å². The second kappa shape index (κ2) is 6.16. The molecule has 2 rings (SSSR count). The predicted octanol–water partition coefficient (Wildman–Crippen LogP) is 3.58. The molecule has 2 aromatic rings. The fraction of sp³-hybridized carbons (Fsp3) is 0.278. The molecule has 0 atom stereocenters. The number of anilines is 1. The minimum atomic E-state index is -3.35. The maximum absolute atomic E-state index is 12.6. The van der Waals surface area contributed by atoms with Crippen LogP contribution in [0, 0.1) is 27.7 Å². The number of aryl methyl sites for hydroxylation is 4. The van der Waals surface area contributed by atoms with Gasteiger partial charge in [-0.2, -0.15) is 0 Å². The van der Waals surface area contributed by atoms with E-state index in [1.165, 1.54) is 12.1 Å². The zero-order valence-corrected chi connectivity index (χ0v) is 14.8. The van der Waals surface area contributed by atoms with Crippen LogP contribution in [0.1, 0.15) is 32.6 Å². The van der Waals surface area contributed by atoms with E-state index in [1.54, 1.807) is 13.0 Å². The largest absolute Gasteiger partial charge is 0.321 e. The summed E-state index contributed by atoms with van der Waals surface area (Å²) < 4.78 is 23.4. The summed E-state index contributed by atoms with van der Waals surface area (Å²) >= 11 is 0. The lowest BCUT2D eigenvalue weighted by atomic mass is 10.0. The van der Waals surface area contributed by atoms with Crippen molar-refractivity contribution in [3.63, 3.8) is 0 Å². The Morgan fingerprint density at radius 3 is 2.00 bits per heavy atom. The van der Waals surface area contributed by atoms with E-state index in [-0.39, 0.29) is 10.8 Å². The molecule has 5 heteroatoms. The Morgan fingerprint density at radius 1 is 0.913 bits per heavy atom. The first-order chi connectivity index (χ1) is 10.6. The summed E-state index contributed by atoms with van der Waals surface area (Å²) in [7, 11) is -3.35. The zero-order valence-electron chi connectivity index (χ0n) is 14.0. The van der Waals surface area contributed by atoms with Crippen LogP contribution in [0.5, 0.6) is 0 Å². The van der Waals surface area contributed by atoms with Crippen molar-refractivity contribution in [2.75, 3.05) is 11.6 Å². The molecule has 0 bridgehead atoms. The number of amides is 1. The average molecular weight is 331 g/mol. The van der Waals surface area contributed by atoms with Crippen LogP contribution < -0.4 is 5.32 Å². The Balaban J connectivity index is 2.43. The summed E-state index contributed by atoms with van der Waals surface area (Å²) in [5.41, 5.74) is 4.96. The molecule has 0 saturated heterocycles. The number of nitrogens with one attached hydrogen (secondary N) is 1. The van der Waals surface area contributed by atoms with Crippen LogP contribution in [0.25, 0.3) is 0 Å². The molecule has 0 aliphatic rings. The standard InChI is InChI=1S/C18H21NO3S/c1-11-8-13(3)17(14(4)9-11)19-18(20)16-10-15(23(5,21)22)7-6-12(16)2/h6-10H,1-5H3,(H,19,20). The van der Waals surface area contributed by atoms with Gasteiger partial charge in [0, 0.05) is 17.5 Å².